The average Bonchev–Trinajstić information content (AvgIpc) is 3.53. The van der Waals surface area contributed by atoms with Gasteiger partial charge in [-0.15, -0.1) is 0 Å². The molecule has 0 atom stereocenters. The van der Waals surface area contributed by atoms with Crippen LogP contribution in [0, 0.1) is 17.8 Å². The lowest BCUT2D eigenvalue weighted by Gasteiger charge is -2.25. The Balaban J connectivity index is 1.58. The van der Waals surface area contributed by atoms with Crippen LogP contribution in [0.25, 0.3) is 0 Å². The van der Waals surface area contributed by atoms with Crippen molar-refractivity contribution in [3.63, 3.8) is 0 Å². The number of nitrogens with zero attached hydrogens (tertiary/aromatic N) is 1. The van der Waals surface area contributed by atoms with E-state index in [0.29, 0.717) is 30.3 Å². The van der Waals surface area contributed by atoms with E-state index >= 15 is 0 Å². The fourth-order valence-corrected chi connectivity index (χ4v) is 3.77. The van der Waals surface area contributed by atoms with Gasteiger partial charge in [0.25, 0.3) is 0 Å². The van der Waals surface area contributed by atoms with E-state index in [0.717, 1.165) is 18.3 Å². The summed E-state index contributed by atoms with van der Waals surface area (Å²) in [5.41, 5.74) is 0.637. The van der Waals surface area contributed by atoms with Crippen LogP contribution >= 0.6 is 0 Å². The first-order chi connectivity index (χ1) is 12.6. The number of para-hydroxylation sites is 2. The molecule has 3 rings (SSSR count). The van der Waals surface area contributed by atoms with E-state index in [1.54, 1.807) is 24.1 Å². The van der Waals surface area contributed by atoms with Crippen molar-refractivity contribution in [3.8, 4) is 5.75 Å². The van der Waals surface area contributed by atoms with Crippen molar-refractivity contribution in [1.82, 2.24) is 4.90 Å². The maximum atomic E-state index is 12.8. The van der Waals surface area contributed by atoms with Crippen molar-refractivity contribution < 1.29 is 14.3 Å². The summed E-state index contributed by atoms with van der Waals surface area (Å²) in [6, 6.07) is 7.32. The minimum atomic E-state index is -0.175. The Morgan fingerprint density at radius 1 is 1.19 bits per heavy atom. The number of nitrogens with one attached hydrogen (secondary N) is 1. The third kappa shape index (κ3) is 4.99. The third-order valence-electron chi connectivity index (χ3n) is 5.43. The van der Waals surface area contributed by atoms with Crippen LogP contribution < -0.4 is 10.1 Å². The molecule has 1 N–H and O–H groups in total. The molecule has 5 nitrogen and oxygen atoms in total. The molecule has 2 fully saturated rings. The zero-order chi connectivity index (χ0) is 18.5. The van der Waals surface area contributed by atoms with Gasteiger partial charge in [0.1, 0.15) is 5.75 Å². The van der Waals surface area contributed by atoms with Gasteiger partial charge in [-0.2, -0.15) is 0 Å². The smallest absolute Gasteiger partial charge is 0.244 e. The van der Waals surface area contributed by atoms with Crippen LogP contribution in [0.1, 0.15) is 45.4 Å². The largest absolute Gasteiger partial charge is 0.495 e. The maximum absolute atomic E-state index is 12.8. The van der Waals surface area contributed by atoms with Gasteiger partial charge in [-0.25, -0.2) is 0 Å². The lowest BCUT2D eigenvalue weighted by molar-refractivity contribution is -0.135. The van der Waals surface area contributed by atoms with Crippen molar-refractivity contribution in [2.75, 3.05) is 25.5 Å². The van der Waals surface area contributed by atoms with Gasteiger partial charge in [0.15, 0.2) is 0 Å². The Morgan fingerprint density at radius 2 is 1.85 bits per heavy atom. The average molecular weight is 358 g/mol. The first kappa shape index (κ1) is 18.7. The van der Waals surface area contributed by atoms with E-state index in [9.17, 15) is 9.59 Å². The van der Waals surface area contributed by atoms with Gasteiger partial charge in [0.05, 0.1) is 19.3 Å². The minimum Gasteiger partial charge on any atom is -0.495 e. The van der Waals surface area contributed by atoms with Crippen molar-refractivity contribution >= 4 is 17.5 Å². The van der Waals surface area contributed by atoms with Gasteiger partial charge in [-0.3, -0.25) is 9.59 Å². The summed E-state index contributed by atoms with van der Waals surface area (Å²) in [5, 5.41) is 2.87. The van der Waals surface area contributed by atoms with Crippen molar-refractivity contribution in [3.05, 3.63) is 24.3 Å². The molecule has 0 spiro atoms. The fraction of sp³-hybridized carbons (Fsp3) is 0.619. The highest BCUT2D eigenvalue weighted by atomic mass is 16.5. The van der Waals surface area contributed by atoms with Gasteiger partial charge >= 0.3 is 0 Å². The highest BCUT2D eigenvalue weighted by Gasteiger charge is 2.42. The molecule has 1 aromatic carbocycles. The molecule has 2 saturated carbocycles. The molecule has 1 aromatic rings. The van der Waals surface area contributed by atoms with Crippen LogP contribution in [0.4, 0.5) is 5.69 Å². The fourth-order valence-electron chi connectivity index (χ4n) is 3.77. The van der Waals surface area contributed by atoms with Crippen LogP contribution in [0.15, 0.2) is 24.3 Å². The SMILES string of the molecule is CCCN(CC(=O)Nc1ccccc1OC)C(=O)CC(C1CC1)C1CC1. The van der Waals surface area contributed by atoms with Gasteiger partial charge < -0.3 is 15.0 Å². The normalized spacial score (nSPS) is 16.4. The molecule has 0 bridgehead atoms. The Hall–Kier alpha value is -2.04. The second-order valence-electron chi connectivity index (χ2n) is 7.61. The Labute approximate surface area is 156 Å². The summed E-state index contributed by atoms with van der Waals surface area (Å²) in [5.74, 6) is 2.61. The quantitative estimate of drug-likeness (QED) is 0.694. The van der Waals surface area contributed by atoms with E-state index < -0.39 is 0 Å². The van der Waals surface area contributed by atoms with Gasteiger partial charge in [0, 0.05) is 13.0 Å². The van der Waals surface area contributed by atoms with E-state index in [4.69, 9.17) is 4.74 Å². The number of anilines is 1. The minimum absolute atomic E-state index is 0.104. The van der Waals surface area contributed by atoms with E-state index in [-0.39, 0.29) is 18.4 Å². The van der Waals surface area contributed by atoms with E-state index in [1.807, 2.05) is 19.1 Å². The first-order valence-electron chi connectivity index (χ1n) is 9.83. The number of hydrogen-bond acceptors (Lipinski definition) is 3. The number of ether oxygens (including phenoxy) is 1. The summed E-state index contributed by atoms with van der Waals surface area (Å²) < 4.78 is 5.27. The molecule has 5 heteroatoms. The molecular weight excluding hydrogens is 328 g/mol. The van der Waals surface area contributed by atoms with Crippen LogP contribution in [0.5, 0.6) is 5.75 Å². The molecule has 0 unspecified atom stereocenters. The highest BCUT2D eigenvalue weighted by molar-refractivity contribution is 5.95. The number of carbonyl (C=O) groups is 2. The summed E-state index contributed by atoms with van der Waals surface area (Å²) >= 11 is 0. The number of rotatable bonds is 10. The van der Waals surface area contributed by atoms with Gasteiger partial charge in [-0.1, -0.05) is 19.1 Å². The molecule has 2 amide bonds. The molecule has 0 heterocycles. The molecule has 0 saturated heterocycles. The van der Waals surface area contributed by atoms with Gasteiger partial charge in [-0.05, 0) is 62.0 Å². The predicted octanol–water partition coefficient (Wildman–Crippen LogP) is 3.70. The second kappa shape index (κ2) is 8.56. The lowest BCUT2D eigenvalue weighted by Crippen LogP contribution is -2.39. The molecule has 0 aliphatic heterocycles. The summed E-state index contributed by atoms with van der Waals surface area (Å²) in [4.78, 5) is 27.1. The number of methoxy groups -OCH3 is 1. The van der Waals surface area contributed by atoms with E-state index in [2.05, 4.69) is 5.32 Å². The zero-order valence-electron chi connectivity index (χ0n) is 15.9. The molecular formula is C21H30N2O3. The molecule has 26 heavy (non-hydrogen) atoms. The standard InChI is InChI=1S/C21H30N2O3/c1-3-12-23(21(25)13-17(15-8-9-15)16-10-11-16)14-20(24)22-18-6-4-5-7-19(18)26-2/h4-7,15-17H,3,8-14H2,1-2H3,(H,22,24). The molecule has 142 valence electrons. The Kier molecular flexibility index (Phi) is 6.17. The third-order valence-corrected chi connectivity index (χ3v) is 5.43. The predicted molar refractivity (Wildman–Crippen MR) is 102 cm³/mol. The van der Waals surface area contributed by atoms with Crippen molar-refractivity contribution in [1.29, 1.82) is 0 Å². The van der Waals surface area contributed by atoms with Gasteiger partial charge in [0.2, 0.25) is 11.8 Å². The molecule has 2 aliphatic carbocycles. The van der Waals surface area contributed by atoms with Crippen LogP contribution in [0.2, 0.25) is 0 Å². The second-order valence-corrected chi connectivity index (χ2v) is 7.61. The summed E-state index contributed by atoms with van der Waals surface area (Å²) in [7, 11) is 1.58. The lowest BCUT2D eigenvalue weighted by atomic mass is 9.93. The number of hydrogen-bond donors (Lipinski definition) is 1. The van der Waals surface area contributed by atoms with Crippen molar-refractivity contribution in [2.45, 2.75) is 45.4 Å². The molecule has 0 aromatic heterocycles. The topological polar surface area (TPSA) is 58.6 Å². The Morgan fingerprint density at radius 3 is 2.42 bits per heavy atom. The molecule has 0 radical (unpaired) electrons. The highest BCUT2D eigenvalue weighted by Crippen LogP contribution is 2.50. The zero-order valence-corrected chi connectivity index (χ0v) is 15.9. The van der Waals surface area contributed by atoms with Crippen LogP contribution in [-0.4, -0.2) is 36.9 Å². The van der Waals surface area contributed by atoms with Crippen LogP contribution in [-0.2, 0) is 9.59 Å². The number of benzene rings is 1. The maximum Gasteiger partial charge on any atom is 0.244 e. The number of amides is 2. The monoisotopic (exact) mass is 358 g/mol. The van der Waals surface area contributed by atoms with Crippen LogP contribution in [0.3, 0.4) is 0 Å². The number of carbonyl (C=O) groups excluding carboxylic acids is 2. The summed E-state index contributed by atoms with van der Waals surface area (Å²) in [6.45, 7) is 2.77. The van der Waals surface area contributed by atoms with E-state index in [1.165, 1.54) is 25.7 Å². The summed E-state index contributed by atoms with van der Waals surface area (Å²) in [6.07, 6.45) is 6.56. The molecule has 2 aliphatic rings. The first-order valence-corrected chi connectivity index (χ1v) is 9.83. The van der Waals surface area contributed by atoms with Crippen molar-refractivity contribution in [2.24, 2.45) is 17.8 Å². The Bertz CT molecular complexity index is 626.